The lowest BCUT2D eigenvalue weighted by Gasteiger charge is -2.04. The second-order valence-electron chi connectivity index (χ2n) is 3.43. The monoisotopic (exact) mass is 210 g/mol. The fraction of sp³-hybridized carbons (Fsp3) is 0.417. The number of rotatable bonds is 5. The van der Waals surface area contributed by atoms with Crippen molar-refractivity contribution in [3.63, 3.8) is 0 Å². The maximum Gasteiger partial charge on any atom is 0.165 e. The average Bonchev–Trinajstić information content (AvgIpc) is 2.18. The van der Waals surface area contributed by atoms with Crippen LogP contribution in [0, 0.1) is 5.82 Å². The highest BCUT2D eigenvalue weighted by molar-refractivity contribution is 5.80. The van der Waals surface area contributed by atoms with Crippen LogP contribution in [0.1, 0.15) is 25.3 Å². The molecular weight excluding hydrogens is 195 g/mol. The number of carbonyl (C=O) groups excluding carboxylic acids is 1. The molecule has 3 heteroatoms. The second-order valence-corrected chi connectivity index (χ2v) is 3.43. The lowest BCUT2D eigenvalue weighted by Crippen LogP contribution is -2.02. The summed E-state index contributed by atoms with van der Waals surface area (Å²) in [6, 6.07) is 4.62. The molecule has 0 spiro atoms. The Balaban J connectivity index is 2.71. The van der Waals surface area contributed by atoms with Gasteiger partial charge >= 0.3 is 0 Å². The fourth-order valence-electron chi connectivity index (χ4n) is 1.41. The number of ketones is 1. The van der Waals surface area contributed by atoms with E-state index in [0.29, 0.717) is 18.4 Å². The van der Waals surface area contributed by atoms with E-state index in [1.807, 2.05) is 6.92 Å². The minimum Gasteiger partial charge on any atom is -0.494 e. The van der Waals surface area contributed by atoms with E-state index in [0.717, 1.165) is 6.42 Å². The highest BCUT2D eigenvalue weighted by Crippen LogP contribution is 2.18. The molecule has 0 heterocycles. The van der Waals surface area contributed by atoms with Gasteiger partial charge in [0.15, 0.2) is 11.6 Å². The molecule has 1 aromatic carbocycles. The van der Waals surface area contributed by atoms with E-state index < -0.39 is 5.82 Å². The first kappa shape index (κ1) is 11.7. The maximum absolute atomic E-state index is 13.3. The Hall–Kier alpha value is -1.38. The van der Waals surface area contributed by atoms with E-state index in [4.69, 9.17) is 4.74 Å². The number of methoxy groups -OCH3 is 1. The topological polar surface area (TPSA) is 26.3 Å². The summed E-state index contributed by atoms with van der Waals surface area (Å²) in [5.41, 5.74) is 0.701. The van der Waals surface area contributed by atoms with Crippen LogP contribution in [0.5, 0.6) is 5.75 Å². The van der Waals surface area contributed by atoms with Crippen LogP contribution in [0.3, 0.4) is 0 Å². The van der Waals surface area contributed by atoms with Gasteiger partial charge in [-0.15, -0.1) is 0 Å². The molecule has 0 aliphatic rings. The minimum atomic E-state index is -0.417. The van der Waals surface area contributed by atoms with Crippen molar-refractivity contribution < 1.29 is 13.9 Å². The Morgan fingerprint density at radius 3 is 2.73 bits per heavy atom. The van der Waals surface area contributed by atoms with Crippen molar-refractivity contribution in [3.05, 3.63) is 29.6 Å². The van der Waals surface area contributed by atoms with Gasteiger partial charge in [0.05, 0.1) is 7.11 Å². The number of benzene rings is 1. The van der Waals surface area contributed by atoms with Gasteiger partial charge in [0.1, 0.15) is 5.78 Å². The molecule has 0 aliphatic heterocycles. The standard InChI is InChI=1S/C12H15FO2/c1-3-4-10(14)7-9-5-6-12(15-2)11(13)8-9/h5-6,8H,3-4,7H2,1-2H3. The highest BCUT2D eigenvalue weighted by atomic mass is 19.1. The molecule has 0 saturated carbocycles. The smallest absolute Gasteiger partial charge is 0.165 e. The SMILES string of the molecule is CCCC(=O)Cc1ccc(OC)c(F)c1. The highest BCUT2D eigenvalue weighted by Gasteiger charge is 2.06. The Labute approximate surface area is 89.1 Å². The van der Waals surface area contributed by atoms with E-state index in [1.165, 1.54) is 13.2 Å². The molecule has 0 aromatic heterocycles. The van der Waals surface area contributed by atoms with Gasteiger partial charge in [-0.3, -0.25) is 4.79 Å². The number of carbonyl (C=O) groups is 1. The third-order valence-electron chi connectivity index (χ3n) is 2.15. The van der Waals surface area contributed by atoms with Crippen molar-refractivity contribution in [2.45, 2.75) is 26.2 Å². The largest absolute Gasteiger partial charge is 0.494 e. The molecule has 0 bridgehead atoms. The van der Waals surface area contributed by atoms with Crippen molar-refractivity contribution in [2.24, 2.45) is 0 Å². The van der Waals surface area contributed by atoms with Gasteiger partial charge in [-0.2, -0.15) is 0 Å². The molecule has 0 atom stereocenters. The van der Waals surface area contributed by atoms with E-state index in [2.05, 4.69) is 0 Å². The van der Waals surface area contributed by atoms with E-state index in [1.54, 1.807) is 12.1 Å². The second kappa shape index (κ2) is 5.49. The first-order chi connectivity index (χ1) is 7.17. The van der Waals surface area contributed by atoms with Gasteiger partial charge in [0.25, 0.3) is 0 Å². The Morgan fingerprint density at radius 2 is 2.20 bits per heavy atom. The van der Waals surface area contributed by atoms with Crippen LogP contribution in [-0.2, 0) is 11.2 Å². The fourth-order valence-corrected chi connectivity index (χ4v) is 1.41. The van der Waals surface area contributed by atoms with Gasteiger partial charge in [-0.25, -0.2) is 4.39 Å². The molecule has 0 N–H and O–H groups in total. The van der Waals surface area contributed by atoms with E-state index in [9.17, 15) is 9.18 Å². The van der Waals surface area contributed by atoms with Gasteiger partial charge < -0.3 is 4.74 Å². The summed E-state index contributed by atoms with van der Waals surface area (Å²) >= 11 is 0. The predicted octanol–water partition coefficient (Wildman–Crippen LogP) is 2.75. The third-order valence-corrected chi connectivity index (χ3v) is 2.15. The number of ether oxygens (including phenoxy) is 1. The Morgan fingerprint density at radius 1 is 1.47 bits per heavy atom. The summed E-state index contributed by atoms with van der Waals surface area (Å²) in [5.74, 6) is -0.0666. The van der Waals surface area contributed by atoms with Crippen molar-refractivity contribution in [1.29, 1.82) is 0 Å². The molecule has 0 unspecified atom stereocenters. The summed E-state index contributed by atoms with van der Waals surface area (Å²) in [4.78, 5) is 11.3. The van der Waals surface area contributed by atoms with Crippen LogP contribution in [-0.4, -0.2) is 12.9 Å². The Bertz CT molecular complexity index is 347. The quantitative estimate of drug-likeness (QED) is 0.747. The van der Waals surface area contributed by atoms with E-state index in [-0.39, 0.29) is 11.5 Å². The molecule has 0 amide bonds. The van der Waals surface area contributed by atoms with Gasteiger partial charge in [-0.05, 0) is 24.1 Å². The lowest BCUT2D eigenvalue weighted by atomic mass is 10.1. The molecule has 0 aliphatic carbocycles. The first-order valence-corrected chi connectivity index (χ1v) is 5.01. The summed E-state index contributed by atoms with van der Waals surface area (Å²) < 4.78 is 18.0. The maximum atomic E-state index is 13.3. The van der Waals surface area contributed by atoms with Crippen LogP contribution in [0.4, 0.5) is 4.39 Å². The molecule has 15 heavy (non-hydrogen) atoms. The van der Waals surface area contributed by atoms with Crippen molar-refractivity contribution in [2.75, 3.05) is 7.11 Å². The van der Waals surface area contributed by atoms with Crippen molar-refractivity contribution in [1.82, 2.24) is 0 Å². The third kappa shape index (κ3) is 3.35. The summed E-state index contributed by atoms with van der Waals surface area (Å²) in [5, 5.41) is 0. The number of hydrogen-bond donors (Lipinski definition) is 0. The van der Waals surface area contributed by atoms with Crippen LogP contribution in [0.25, 0.3) is 0 Å². The molecule has 1 aromatic rings. The molecule has 0 saturated heterocycles. The summed E-state index contributed by atoms with van der Waals surface area (Å²) in [6.45, 7) is 1.95. The molecule has 1 rings (SSSR count). The molecule has 82 valence electrons. The number of hydrogen-bond acceptors (Lipinski definition) is 2. The minimum absolute atomic E-state index is 0.141. The number of Topliss-reactive ketones (excluding diaryl/α,β-unsaturated/α-hetero) is 1. The predicted molar refractivity (Wildman–Crippen MR) is 56.6 cm³/mol. The zero-order valence-electron chi connectivity index (χ0n) is 9.05. The summed E-state index contributed by atoms with van der Waals surface area (Å²) in [6.07, 6.45) is 1.68. The lowest BCUT2D eigenvalue weighted by molar-refractivity contribution is -0.118. The van der Waals surface area contributed by atoms with Gasteiger partial charge in [0.2, 0.25) is 0 Å². The first-order valence-electron chi connectivity index (χ1n) is 5.01. The zero-order chi connectivity index (χ0) is 11.3. The van der Waals surface area contributed by atoms with E-state index >= 15 is 0 Å². The molecule has 2 nitrogen and oxygen atoms in total. The molecule has 0 radical (unpaired) electrons. The van der Waals surface area contributed by atoms with Crippen LogP contribution >= 0.6 is 0 Å². The van der Waals surface area contributed by atoms with Gasteiger partial charge in [-0.1, -0.05) is 13.0 Å². The average molecular weight is 210 g/mol. The normalized spacial score (nSPS) is 10.1. The Kier molecular flexibility index (Phi) is 4.28. The van der Waals surface area contributed by atoms with Crippen LogP contribution < -0.4 is 4.74 Å². The molecule has 0 fully saturated rings. The summed E-state index contributed by atoms with van der Waals surface area (Å²) in [7, 11) is 1.42. The van der Waals surface area contributed by atoms with Crippen LogP contribution in [0.15, 0.2) is 18.2 Å². The van der Waals surface area contributed by atoms with Gasteiger partial charge in [0, 0.05) is 12.8 Å². The molecular formula is C12H15FO2. The van der Waals surface area contributed by atoms with Crippen LogP contribution in [0.2, 0.25) is 0 Å². The number of halogens is 1. The van der Waals surface area contributed by atoms with Crippen molar-refractivity contribution in [3.8, 4) is 5.75 Å². The van der Waals surface area contributed by atoms with Crippen molar-refractivity contribution >= 4 is 5.78 Å². The zero-order valence-corrected chi connectivity index (χ0v) is 9.05.